The van der Waals surface area contributed by atoms with Gasteiger partial charge in [0.2, 0.25) is 0 Å². The summed E-state index contributed by atoms with van der Waals surface area (Å²) in [5.74, 6) is -0.811. The van der Waals surface area contributed by atoms with Gasteiger partial charge in [0.05, 0.1) is 22.8 Å². The minimum Gasteiger partial charge on any atom is -0.343 e. The zero-order chi connectivity index (χ0) is 19.1. The van der Waals surface area contributed by atoms with E-state index in [0.29, 0.717) is 16.7 Å². The summed E-state index contributed by atoms with van der Waals surface area (Å²) >= 11 is 0. The van der Waals surface area contributed by atoms with Crippen molar-refractivity contribution in [3.05, 3.63) is 47.2 Å². The number of halogens is 3. The molecule has 0 unspecified atom stereocenters. The summed E-state index contributed by atoms with van der Waals surface area (Å²) in [6, 6.07) is 7.29. The van der Waals surface area contributed by atoms with Gasteiger partial charge in [-0.3, -0.25) is 9.48 Å². The molecular formula is C18H17F3N4O. The predicted octanol–water partition coefficient (Wildman–Crippen LogP) is 3.54. The van der Waals surface area contributed by atoms with Crippen LogP contribution >= 0.6 is 0 Å². The van der Waals surface area contributed by atoms with Crippen molar-refractivity contribution in [2.24, 2.45) is 7.05 Å². The summed E-state index contributed by atoms with van der Waals surface area (Å²) in [6.45, 7) is 2.49. The maximum absolute atomic E-state index is 12.4. The van der Waals surface area contributed by atoms with Gasteiger partial charge in [-0.25, -0.2) is 4.98 Å². The standard InChI is InChI=1S/C18H17F3N4O/c1-10-4-5-12(11(2)6-10)15-7-13(17(26)22-9-18(19,20)21)14-8-23-25(3)16(14)24-15/h4-8H,9H2,1-3H3,(H,22,26). The molecule has 0 saturated carbocycles. The molecule has 0 saturated heterocycles. The molecule has 1 N–H and O–H groups in total. The van der Waals surface area contributed by atoms with Gasteiger partial charge in [-0.2, -0.15) is 18.3 Å². The van der Waals surface area contributed by atoms with E-state index in [9.17, 15) is 18.0 Å². The number of carbonyl (C=O) groups excluding carboxylic acids is 1. The highest BCUT2D eigenvalue weighted by Crippen LogP contribution is 2.27. The first-order valence-corrected chi connectivity index (χ1v) is 7.91. The summed E-state index contributed by atoms with van der Waals surface area (Å²) in [7, 11) is 1.67. The summed E-state index contributed by atoms with van der Waals surface area (Å²) in [6.07, 6.45) is -3.05. The number of benzene rings is 1. The molecule has 0 spiro atoms. The van der Waals surface area contributed by atoms with Crippen molar-refractivity contribution in [2.75, 3.05) is 6.54 Å². The largest absolute Gasteiger partial charge is 0.405 e. The molecule has 1 amide bonds. The second-order valence-electron chi connectivity index (χ2n) is 6.18. The Hall–Kier alpha value is -2.90. The molecule has 26 heavy (non-hydrogen) atoms. The van der Waals surface area contributed by atoms with Crippen LogP contribution < -0.4 is 5.32 Å². The molecular weight excluding hydrogens is 345 g/mol. The maximum atomic E-state index is 12.4. The van der Waals surface area contributed by atoms with E-state index in [2.05, 4.69) is 10.1 Å². The van der Waals surface area contributed by atoms with E-state index in [1.54, 1.807) is 7.05 Å². The second-order valence-corrected chi connectivity index (χ2v) is 6.18. The third-order valence-electron chi connectivity index (χ3n) is 4.06. The Bertz CT molecular complexity index is 992. The van der Waals surface area contributed by atoms with E-state index in [1.165, 1.54) is 16.9 Å². The second kappa shape index (κ2) is 6.44. The first kappa shape index (κ1) is 17.9. The van der Waals surface area contributed by atoms with E-state index in [0.717, 1.165) is 16.7 Å². The van der Waals surface area contributed by atoms with Crippen LogP contribution in [0.25, 0.3) is 22.3 Å². The molecule has 5 nitrogen and oxygen atoms in total. The Kier molecular flexibility index (Phi) is 4.43. The molecule has 1 aromatic carbocycles. The number of aromatic nitrogens is 3. The number of amides is 1. The molecule has 0 aliphatic carbocycles. The van der Waals surface area contributed by atoms with Crippen molar-refractivity contribution in [1.29, 1.82) is 0 Å². The van der Waals surface area contributed by atoms with Gasteiger partial charge in [0.15, 0.2) is 5.65 Å². The molecule has 3 aromatic rings. The van der Waals surface area contributed by atoms with Crippen LogP contribution in [0.2, 0.25) is 0 Å². The van der Waals surface area contributed by atoms with Gasteiger partial charge >= 0.3 is 6.18 Å². The Balaban J connectivity index is 2.12. The quantitative estimate of drug-likeness (QED) is 0.775. The minimum absolute atomic E-state index is 0.113. The van der Waals surface area contributed by atoms with Crippen molar-refractivity contribution in [1.82, 2.24) is 20.1 Å². The molecule has 0 atom stereocenters. The number of rotatable bonds is 3. The van der Waals surface area contributed by atoms with Gasteiger partial charge in [-0.1, -0.05) is 23.8 Å². The number of hydrogen-bond acceptors (Lipinski definition) is 3. The predicted molar refractivity (Wildman–Crippen MR) is 91.8 cm³/mol. The molecule has 0 bridgehead atoms. The molecule has 2 heterocycles. The van der Waals surface area contributed by atoms with Crippen LogP contribution in [0.3, 0.4) is 0 Å². The van der Waals surface area contributed by atoms with Crippen LogP contribution in [0.15, 0.2) is 30.5 Å². The average molecular weight is 362 g/mol. The average Bonchev–Trinajstić information content (AvgIpc) is 2.92. The Morgan fingerprint density at radius 1 is 1.23 bits per heavy atom. The van der Waals surface area contributed by atoms with E-state index in [1.807, 2.05) is 37.4 Å². The highest BCUT2D eigenvalue weighted by molar-refractivity contribution is 6.06. The van der Waals surface area contributed by atoms with Gasteiger partial charge < -0.3 is 5.32 Å². The fourth-order valence-electron chi connectivity index (χ4n) is 2.82. The lowest BCUT2D eigenvalue weighted by atomic mass is 10.0. The van der Waals surface area contributed by atoms with Crippen molar-refractivity contribution in [2.45, 2.75) is 20.0 Å². The lowest BCUT2D eigenvalue weighted by molar-refractivity contribution is -0.123. The topological polar surface area (TPSA) is 59.8 Å². The number of carbonyl (C=O) groups is 1. The van der Waals surface area contributed by atoms with E-state index in [-0.39, 0.29) is 5.56 Å². The van der Waals surface area contributed by atoms with Crippen LogP contribution in [-0.4, -0.2) is 33.4 Å². The smallest absolute Gasteiger partial charge is 0.343 e. The summed E-state index contributed by atoms with van der Waals surface area (Å²) in [4.78, 5) is 16.9. The first-order valence-electron chi connectivity index (χ1n) is 7.91. The molecule has 0 radical (unpaired) electrons. The zero-order valence-electron chi connectivity index (χ0n) is 14.5. The number of alkyl halides is 3. The zero-order valence-corrected chi connectivity index (χ0v) is 14.5. The molecule has 136 valence electrons. The fourth-order valence-corrected chi connectivity index (χ4v) is 2.82. The molecule has 2 aromatic heterocycles. The van der Waals surface area contributed by atoms with Crippen LogP contribution in [0.1, 0.15) is 21.5 Å². The van der Waals surface area contributed by atoms with Crippen molar-refractivity contribution < 1.29 is 18.0 Å². The lowest BCUT2D eigenvalue weighted by Gasteiger charge is -2.12. The van der Waals surface area contributed by atoms with Crippen LogP contribution in [-0.2, 0) is 7.05 Å². The normalized spacial score (nSPS) is 11.8. The first-order chi connectivity index (χ1) is 12.2. The minimum atomic E-state index is -4.48. The van der Waals surface area contributed by atoms with Crippen LogP contribution in [0.4, 0.5) is 13.2 Å². The van der Waals surface area contributed by atoms with Crippen molar-refractivity contribution in [3.8, 4) is 11.3 Å². The van der Waals surface area contributed by atoms with Crippen LogP contribution in [0.5, 0.6) is 0 Å². The van der Waals surface area contributed by atoms with E-state index >= 15 is 0 Å². The Labute approximate surface area is 147 Å². The fraction of sp³-hybridized carbons (Fsp3) is 0.278. The summed E-state index contributed by atoms with van der Waals surface area (Å²) in [5, 5.41) is 6.39. The molecule has 8 heteroatoms. The number of nitrogens with one attached hydrogen (secondary N) is 1. The number of pyridine rings is 1. The maximum Gasteiger partial charge on any atom is 0.405 e. The van der Waals surface area contributed by atoms with Crippen molar-refractivity contribution in [3.63, 3.8) is 0 Å². The van der Waals surface area contributed by atoms with E-state index < -0.39 is 18.6 Å². The number of aryl methyl sites for hydroxylation is 3. The molecule has 0 aliphatic rings. The Morgan fingerprint density at radius 2 is 1.96 bits per heavy atom. The third kappa shape index (κ3) is 3.54. The van der Waals surface area contributed by atoms with Crippen LogP contribution in [0, 0.1) is 13.8 Å². The van der Waals surface area contributed by atoms with Gasteiger partial charge in [0, 0.05) is 12.6 Å². The van der Waals surface area contributed by atoms with E-state index in [4.69, 9.17) is 0 Å². The number of hydrogen-bond donors (Lipinski definition) is 1. The lowest BCUT2D eigenvalue weighted by Crippen LogP contribution is -2.33. The van der Waals surface area contributed by atoms with Gasteiger partial charge in [0.1, 0.15) is 6.54 Å². The SMILES string of the molecule is Cc1ccc(-c2cc(C(=O)NCC(F)(F)F)c3cnn(C)c3n2)c(C)c1. The monoisotopic (exact) mass is 362 g/mol. The number of nitrogens with zero attached hydrogens (tertiary/aromatic N) is 3. The summed E-state index contributed by atoms with van der Waals surface area (Å²) in [5.41, 5.74) is 3.90. The third-order valence-corrected chi connectivity index (χ3v) is 4.06. The van der Waals surface area contributed by atoms with Gasteiger partial charge in [-0.15, -0.1) is 0 Å². The highest BCUT2D eigenvalue weighted by atomic mass is 19.4. The highest BCUT2D eigenvalue weighted by Gasteiger charge is 2.28. The summed E-state index contributed by atoms with van der Waals surface area (Å²) < 4.78 is 38.8. The molecule has 0 fully saturated rings. The molecule has 3 rings (SSSR count). The number of fused-ring (bicyclic) bond motifs is 1. The Morgan fingerprint density at radius 3 is 2.62 bits per heavy atom. The molecule has 0 aliphatic heterocycles. The van der Waals surface area contributed by atoms with Gasteiger partial charge in [-0.05, 0) is 25.5 Å². The van der Waals surface area contributed by atoms with Crippen molar-refractivity contribution >= 4 is 16.9 Å². The van der Waals surface area contributed by atoms with Gasteiger partial charge in [0.25, 0.3) is 5.91 Å².